The lowest BCUT2D eigenvalue weighted by Gasteiger charge is -2.14. The molecule has 0 aromatic carbocycles. The van der Waals surface area contributed by atoms with Crippen molar-refractivity contribution >= 4 is 5.78 Å². The molecule has 0 saturated carbocycles. The Balaban J connectivity index is 2.18. The first-order valence-corrected chi connectivity index (χ1v) is 6.13. The molecule has 2 aliphatic rings. The fraction of sp³-hybridized carbons (Fsp3) is 0.357. The second-order valence-electron chi connectivity index (χ2n) is 4.41. The number of ether oxygens (including phenoxy) is 1. The number of hydrogen-bond acceptors (Lipinski definition) is 4. The number of nitrogens with two attached hydrogens (primary N) is 2. The van der Waals surface area contributed by atoms with Crippen molar-refractivity contribution in [3.63, 3.8) is 0 Å². The predicted octanol–water partition coefficient (Wildman–Crippen LogP) is 1.31. The lowest BCUT2D eigenvalue weighted by Crippen LogP contribution is -2.22. The van der Waals surface area contributed by atoms with Gasteiger partial charge in [0.05, 0.1) is 0 Å². The van der Waals surface area contributed by atoms with Crippen LogP contribution in [0.15, 0.2) is 47.3 Å². The maximum absolute atomic E-state index is 12.2. The van der Waals surface area contributed by atoms with Gasteiger partial charge in [-0.25, -0.2) is 0 Å². The maximum atomic E-state index is 12.2. The van der Waals surface area contributed by atoms with Crippen molar-refractivity contribution in [3.8, 4) is 0 Å². The van der Waals surface area contributed by atoms with Gasteiger partial charge in [0.15, 0.2) is 5.78 Å². The van der Waals surface area contributed by atoms with Crippen molar-refractivity contribution in [1.29, 1.82) is 0 Å². The van der Waals surface area contributed by atoms with Crippen molar-refractivity contribution < 1.29 is 9.53 Å². The number of carbonyl (C=O) groups is 1. The molecule has 0 bridgehead atoms. The van der Waals surface area contributed by atoms with E-state index in [1.54, 1.807) is 6.08 Å². The quantitative estimate of drug-likeness (QED) is 0.787. The maximum Gasteiger partial charge on any atom is 0.187 e. The van der Waals surface area contributed by atoms with Crippen LogP contribution in [0.2, 0.25) is 0 Å². The molecule has 1 aliphatic heterocycles. The van der Waals surface area contributed by atoms with Crippen LogP contribution in [0.4, 0.5) is 0 Å². The predicted molar refractivity (Wildman–Crippen MR) is 70.4 cm³/mol. The van der Waals surface area contributed by atoms with E-state index in [1.165, 1.54) is 6.20 Å². The van der Waals surface area contributed by atoms with Crippen LogP contribution in [-0.4, -0.2) is 18.5 Å². The highest BCUT2D eigenvalue weighted by Crippen LogP contribution is 2.23. The topological polar surface area (TPSA) is 78.3 Å². The molecule has 4 N–H and O–H groups in total. The van der Waals surface area contributed by atoms with Gasteiger partial charge in [0, 0.05) is 17.9 Å². The summed E-state index contributed by atoms with van der Waals surface area (Å²) in [6.45, 7) is 0.681. The normalized spacial score (nSPS) is 26.4. The van der Waals surface area contributed by atoms with E-state index in [-0.39, 0.29) is 11.9 Å². The van der Waals surface area contributed by atoms with Crippen molar-refractivity contribution in [2.75, 3.05) is 6.61 Å². The fourth-order valence-corrected chi connectivity index (χ4v) is 2.15. The molecule has 1 aliphatic carbocycles. The molecule has 1 heterocycles. The van der Waals surface area contributed by atoms with Gasteiger partial charge in [-0.15, -0.1) is 0 Å². The third-order valence-corrected chi connectivity index (χ3v) is 3.11. The van der Waals surface area contributed by atoms with Crippen LogP contribution in [0.5, 0.6) is 0 Å². The Labute approximate surface area is 107 Å². The first-order valence-electron chi connectivity index (χ1n) is 6.13. The molecule has 4 nitrogen and oxygen atoms in total. The Morgan fingerprint density at radius 3 is 3.00 bits per heavy atom. The van der Waals surface area contributed by atoms with Crippen molar-refractivity contribution in [2.45, 2.75) is 25.4 Å². The number of ketones is 1. The van der Waals surface area contributed by atoms with E-state index in [0.717, 1.165) is 24.0 Å². The summed E-state index contributed by atoms with van der Waals surface area (Å²) >= 11 is 0. The summed E-state index contributed by atoms with van der Waals surface area (Å²) in [5.74, 6) is 0.0823. The van der Waals surface area contributed by atoms with Crippen LogP contribution in [0, 0.1) is 0 Å². The molecule has 18 heavy (non-hydrogen) atoms. The van der Waals surface area contributed by atoms with Crippen LogP contribution < -0.4 is 11.5 Å². The Kier molecular flexibility index (Phi) is 3.99. The molecule has 1 saturated heterocycles. The highest BCUT2D eigenvalue weighted by molar-refractivity contribution is 6.00. The van der Waals surface area contributed by atoms with Gasteiger partial charge in [-0.3, -0.25) is 4.79 Å². The summed E-state index contributed by atoms with van der Waals surface area (Å²) in [6.07, 6.45) is 10.8. The third kappa shape index (κ3) is 2.71. The van der Waals surface area contributed by atoms with Crippen LogP contribution in [0.1, 0.15) is 19.3 Å². The van der Waals surface area contributed by atoms with Crippen molar-refractivity contribution in [2.24, 2.45) is 11.5 Å². The molecule has 0 amide bonds. The highest BCUT2D eigenvalue weighted by atomic mass is 16.5. The number of allylic oxidation sites excluding steroid dienone is 5. The number of Topliss-reactive ketones (excluding diaryl/α,β-unsaturated/α-hetero) is 1. The Morgan fingerprint density at radius 2 is 2.33 bits per heavy atom. The van der Waals surface area contributed by atoms with Crippen LogP contribution in [0.3, 0.4) is 0 Å². The van der Waals surface area contributed by atoms with Crippen molar-refractivity contribution in [3.05, 3.63) is 47.3 Å². The molecule has 0 aromatic heterocycles. The SMILES string of the molecule is N/C=C\C(N)=C1C=CCC(C(=O)C2CCCO2)=C1. The molecule has 4 heteroatoms. The zero-order valence-corrected chi connectivity index (χ0v) is 10.3. The molecule has 0 spiro atoms. The molecule has 1 fully saturated rings. The highest BCUT2D eigenvalue weighted by Gasteiger charge is 2.26. The first kappa shape index (κ1) is 12.6. The summed E-state index contributed by atoms with van der Waals surface area (Å²) in [7, 11) is 0. The van der Waals surface area contributed by atoms with E-state index in [2.05, 4.69) is 0 Å². The summed E-state index contributed by atoms with van der Waals surface area (Å²) in [4.78, 5) is 12.2. The largest absolute Gasteiger partial charge is 0.405 e. The first-order chi connectivity index (χ1) is 8.72. The summed E-state index contributed by atoms with van der Waals surface area (Å²) in [6, 6.07) is 0. The zero-order valence-electron chi connectivity index (χ0n) is 10.3. The summed E-state index contributed by atoms with van der Waals surface area (Å²) < 4.78 is 5.42. The van der Waals surface area contributed by atoms with E-state index in [1.807, 2.05) is 18.2 Å². The average molecular weight is 246 g/mol. The molecule has 1 unspecified atom stereocenters. The van der Waals surface area contributed by atoms with E-state index in [0.29, 0.717) is 18.7 Å². The standard InChI is InChI=1S/C14H18N2O2/c15-7-6-12(16)10-3-1-4-11(9-10)14(17)13-5-2-8-18-13/h1,3,6-7,9,13H,2,4-5,8,15-16H2/b7-6-,12-10?. The minimum absolute atomic E-state index is 0.0823. The Bertz CT molecular complexity index is 452. The molecular formula is C14H18N2O2. The summed E-state index contributed by atoms with van der Waals surface area (Å²) in [5.41, 5.74) is 13.3. The molecule has 0 aromatic rings. The number of carbonyl (C=O) groups excluding carboxylic acids is 1. The smallest absolute Gasteiger partial charge is 0.187 e. The third-order valence-electron chi connectivity index (χ3n) is 3.11. The van der Waals surface area contributed by atoms with Crippen molar-refractivity contribution in [1.82, 2.24) is 0 Å². The molecule has 0 radical (unpaired) electrons. The Hall–Kier alpha value is -1.81. The van der Waals surface area contributed by atoms with E-state index >= 15 is 0 Å². The Morgan fingerprint density at radius 1 is 1.50 bits per heavy atom. The second-order valence-corrected chi connectivity index (χ2v) is 4.41. The minimum Gasteiger partial charge on any atom is -0.405 e. The fourth-order valence-electron chi connectivity index (χ4n) is 2.15. The van der Waals surface area contributed by atoms with Gasteiger partial charge < -0.3 is 16.2 Å². The van der Waals surface area contributed by atoms with Gasteiger partial charge in [0.25, 0.3) is 0 Å². The minimum atomic E-state index is -0.268. The molecule has 96 valence electrons. The van der Waals surface area contributed by atoms with E-state index in [4.69, 9.17) is 16.2 Å². The summed E-state index contributed by atoms with van der Waals surface area (Å²) in [5, 5.41) is 0. The van der Waals surface area contributed by atoms with Gasteiger partial charge in [0.2, 0.25) is 0 Å². The average Bonchev–Trinajstić information content (AvgIpc) is 2.92. The van der Waals surface area contributed by atoms with E-state index in [9.17, 15) is 4.79 Å². The lowest BCUT2D eigenvalue weighted by molar-refractivity contribution is -0.124. The van der Waals surface area contributed by atoms with Gasteiger partial charge in [0.1, 0.15) is 6.10 Å². The van der Waals surface area contributed by atoms with Crippen LogP contribution in [0.25, 0.3) is 0 Å². The van der Waals surface area contributed by atoms with Gasteiger partial charge >= 0.3 is 0 Å². The second kappa shape index (κ2) is 5.69. The zero-order chi connectivity index (χ0) is 13.0. The number of rotatable bonds is 3. The molecule has 1 atom stereocenters. The van der Waals surface area contributed by atoms with E-state index < -0.39 is 0 Å². The van der Waals surface area contributed by atoms with Crippen LogP contribution in [-0.2, 0) is 9.53 Å². The number of hydrogen-bond donors (Lipinski definition) is 2. The van der Waals surface area contributed by atoms with Gasteiger partial charge in [-0.1, -0.05) is 12.2 Å². The molecule has 2 rings (SSSR count). The lowest BCUT2D eigenvalue weighted by atomic mass is 9.94. The monoisotopic (exact) mass is 246 g/mol. The van der Waals surface area contributed by atoms with Crippen LogP contribution >= 0.6 is 0 Å². The molecular weight excluding hydrogens is 228 g/mol. The van der Waals surface area contributed by atoms with Gasteiger partial charge in [-0.05, 0) is 43.2 Å². The van der Waals surface area contributed by atoms with Gasteiger partial charge in [-0.2, -0.15) is 0 Å².